The van der Waals surface area contributed by atoms with E-state index in [0.29, 0.717) is 11.6 Å². The molecule has 24 heavy (non-hydrogen) atoms. The zero-order chi connectivity index (χ0) is 16.8. The van der Waals surface area contributed by atoms with Crippen molar-refractivity contribution in [2.75, 3.05) is 22.7 Å². The zero-order valence-corrected chi connectivity index (χ0v) is 14.1. The molecule has 1 aromatic heterocycles. The Hall–Kier alpha value is -2.41. The Balaban J connectivity index is 1.65. The number of piperidine rings is 1. The first-order valence-electron chi connectivity index (χ1n) is 7.95. The van der Waals surface area contributed by atoms with Crippen LogP contribution < -0.4 is 9.62 Å². The minimum absolute atomic E-state index is 0.355. The molecule has 1 saturated heterocycles. The average Bonchev–Trinajstić information content (AvgIpc) is 2.62. The van der Waals surface area contributed by atoms with Crippen molar-refractivity contribution in [3.8, 4) is 0 Å². The summed E-state index contributed by atoms with van der Waals surface area (Å²) in [7, 11) is -3.59. The highest BCUT2D eigenvalue weighted by molar-refractivity contribution is 7.95. The van der Waals surface area contributed by atoms with Crippen molar-refractivity contribution in [2.24, 2.45) is 0 Å². The number of hydrogen-bond donors (Lipinski definition) is 1. The molecule has 1 aromatic carbocycles. The van der Waals surface area contributed by atoms with Gasteiger partial charge in [-0.15, -0.1) is 0 Å². The Morgan fingerprint density at radius 1 is 1.00 bits per heavy atom. The molecule has 3 rings (SSSR count). The summed E-state index contributed by atoms with van der Waals surface area (Å²) < 4.78 is 26.7. The predicted molar refractivity (Wildman–Crippen MR) is 96.1 cm³/mol. The summed E-state index contributed by atoms with van der Waals surface area (Å²) >= 11 is 0. The first-order chi connectivity index (χ1) is 11.6. The van der Waals surface area contributed by atoms with Crippen LogP contribution >= 0.6 is 0 Å². The van der Waals surface area contributed by atoms with Crippen LogP contribution in [0.2, 0.25) is 0 Å². The molecule has 126 valence electrons. The molecule has 1 fully saturated rings. The monoisotopic (exact) mass is 344 g/mol. The molecule has 2 aromatic rings. The quantitative estimate of drug-likeness (QED) is 0.903. The van der Waals surface area contributed by atoms with Gasteiger partial charge in [0.15, 0.2) is 0 Å². The smallest absolute Gasteiger partial charge is 0.255 e. The molecule has 0 atom stereocenters. The van der Waals surface area contributed by atoms with Crippen LogP contribution in [0.5, 0.6) is 0 Å². The Morgan fingerprint density at radius 2 is 1.67 bits per heavy atom. The molecule has 1 N–H and O–H groups in total. The van der Waals surface area contributed by atoms with E-state index in [1.807, 2.05) is 30.3 Å². The molecule has 0 unspecified atom stereocenters. The third-order valence-electron chi connectivity index (χ3n) is 3.78. The summed E-state index contributed by atoms with van der Waals surface area (Å²) in [5, 5.41) is 1.14. The van der Waals surface area contributed by atoms with Crippen molar-refractivity contribution in [2.45, 2.75) is 19.3 Å². The van der Waals surface area contributed by atoms with E-state index >= 15 is 0 Å². The molecule has 0 saturated carbocycles. The Kier molecular flexibility index (Phi) is 5.10. The van der Waals surface area contributed by atoms with E-state index in [4.69, 9.17) is 0 Å². The molecule has 7 heteroatoms. The molecule has 0 amide bonds. The zero-order valence-electron chi connectivity index (χ0n) is 13.3. The fourth-order valence-corrected chi connectivity index (χ4v) is 3.40. The number of hydrogen-bond acceptors (Lipinski definition) is 5. The van der Waals surface area contributed by atoms with Gasteiger partial charge in [-0.3, -0.25) is 4.72 Å². The molecule has 0 spiro atoms. The lowest BCUT2D eigenvalue weighted by Crippen LogP contribution is -2.30. The summed E-state index contributed by atoms with van der Waals surface area (Å²) in [4.78, 5) is 10.7. The molecule has 0 aliphatic carbocycles. The third-order valence-corrected chi connectivity index (χ3v) is 4.79. The van der Waals surface area contributed by atoms with Gasteiger partial charge < -0.3 is 4.90 Å². The Labute approximate surface area is 142 Å². The summed E-state index contributed by atoms with van der Waals surface area (Å²) in [6.07, 6.45) is 8.08. The average molecular weight is 344 g/mol. The maximum Gasteiger partial charge on any atom is 0.255 e. The molecule has 1 aliphatic heterocycles. The molecule has 0 radical (unpaired) electrons. The Morgan fingerprint density at radius 3 is 2.33 bits per heavy atom. The molecule has 2 heterocycles. The standard InChI is InChI=1S/C17H20N4O2S/c22-24(23,12-9-15-7-3-1-4-8-15)20-16-13-18-17(19-14-16)21-10-5-2-6-11-21/h1,3-4,7-9,12-14,20H,2,5-6,10-11H2/b12-9+. The topological polar surface area (TPSA) is 75.2 Å². The summed E-state index contributed by atoms with van der Waals surface area (Å²) in [6, 6.07) is 9.26. The fourth-order valence-electron chi connectivity index (χ4n) is 2.56. The van der Waals surface area contributed by atoms with Gasteiger partial charge in [-0.2, -0.15) is 0 Å². The van der Waals surface area contributed by atoms with Gasteiger partial charge >= 0.3 is 0 Å². The fraction of sp³-hybridized carbons (Fsp3) is 0.294. The number of benzene rings is 1. The normalized spacial score (nSPS) is 15.6. The van der Waals surface area contributed by atoms with E-state index in [0.717, 1.165) is 36.9 Å². The molecule has 1 aliphatic rings. The van der Waals surface area contributed by atoms with Crippen molar-refractivity contribution in [3.63, 3.8) is 0 Å². The number of aromatic nitrogens is 2. The number of rotatable bonds is 5. The first-order valence-corrected chi connectivity index (χ1v) is 9.50. The maximum absolute atomic E-state index is 12.1. The lowest BCUT2D eigenvalue weighted by atomic mass is 10.1. The predicted octanol–water partition coefficient (Wildman–Crippen LogP) is 2.88. The van der Waals surface area contributed by atoms with Gasteiger partial charge in [-0.05, 0) is 30.9 Å². The van der Waals surface area contributed by atoms with Gasteiger partial charge in [0.05, 0.1) is 23.5 Å². The van der Waals surface area contributed by atoms with Crippen LogP contribution in [0.4, 0.5) is 11.6 Å². The van der Waals surface area contributed by atoms with Crippen molar-refractivity contribution < 1.29 is 8.42 Å². The van der Waals surface area contributed by atoms with Gasteiger partial charge in [-0.25, -0.2) is 18.4 Å². The lowest BCUT2D eigenvalue weighted by Gasteiger charge is -2.26. The van der Waals surface area contributed by atoms with Crippen LogP contribution in [0.1, 0.15) is 24.8 Å². The highest BCUT2D eigenvalue weighted by Crippen LogP contribution is 2.17. The van der Waals surface area contributed by atoms with Crippen LogP contribution in [0.3, 0.4) is 0 Å². The van der Waals surface area contributed by atoms with Crippen molar-refractivity contribution >= 4 is 27.7 Å². The van der Waals surface area contributed by atoms with Gasteiger partial charge in [0, 0.05) is 13.1 Å². The van der Waals surface area contributed by atoms with Crippen LogP contribution in [0, 0.1) is 0 Å². The number of nitrogens with one attached hydrogen (secondary N) is 1. The third kappa shape index (κ3) is 4.55. The second-order valence-electron chi connectivity index (χ2n) is 5.68. The van der Waals surface area contributed by atoms with Crippen molar-refractivity contribution in [1.82, 2.24) is 9.97 Å². The number of nitrogens with zero attached hydrogens (tertiary/aromatic N) is 3. The largest absolute Gasteiger partial charge is 0.341 e. The van der Waals surface area contributed by atoms with E-state index in [1.54, 1.807) is 6.08 Å². The van der Waals surface area contributed by atoms with Gasteiger partial charge in [0.2, 0.25) is 5.95 Å². The second kappa shape index (κ2) is 7.44. The van der Waals surface area contributed by atoms with Crippen LogP contribution in [-0.4, -0.2) is 31.5 Å². The van der Waals surface area contributed by atoms with Crippen LogP contribution in [0.25, 0.3) is 6.08 Å². The first kappa shape index (κ1) is 16.4. The van der Waals surface area contributed by atoms with Gasteiger partial charge in [-0.1, -0.05) is 30.3 Å². The summed E-state index contributed by atoms with van der Waals surface area (Å²) in [6.45, 7) is 1.90. The molecular weight excluding hydrogens is 324 g/mol. The highest BCUT2D eigenvalue weighted by atomic mass is 32.2. The SMILES string of the molecule is O=S(=O)(/C=C/c1ccccc1)Nc1cnc(N2CCCCC2)nc1. The minimum atomic E-state index is -3.59. The van der Waals surface area contributed by atoms with Gasteiger partial charge in [0.25, 0.3) is 10.0 Å². The van der Waals surface area contributed by atoms with E-state index in [2.05, 4.69) is 19.6 Å². The molecule has 6 nitrogen and oxygen atoms in total. The Bertz CT molecular complexity index is 783. The number of anilines is 2. The summed E-state index contributed by atoms with van der Waals surface area (Å²) in [5.74, 6) is 0.650. The maximum atomic E-state index is 12.1. The summed E-state index contributed by atoms with van der Waals surface area (Å²) in [5.41, 5.74) is 1.17. The second-order valence-corrected chi connectivity index (χ2v) is 7.25. The van der Waals surface area contributed by atoms with E-state index in [1.165, 1.54) is 18.8 Å². The van der Waals surface area contributed by atoms with Crippen molar-refractivity contribution in [3.05, 3.63) is 53.7 Å². The van der Waals surface area contributed by atoms with Crippen molar-refractivity contribution in [1.29, 1.82) is 0 Å². The van der Waals surface area contributed by atoms with E-state index in [-0.39, 0.29) is 0 Å². The van der Waals surface area contributed by atoms with Crippen LogP contribution in [0.15, 0.2) is 48.1 Å². The van der Waals surface area contributed by atoms with Crippen LogP contribution in [-0.2, 0) is 10.0 Å². The highest BCUT2D eigenvalue weighted by Gasteiger charge is 2.13. The van der Waals surface area contributed by atoms with E-state index < -0.39 is 10.0 Å². The van der Waals surface area contributed by atoms with E-state index in [9.17, 15) is 8.42 Å². The van der Waals surface area contributed by atoms with Gasteiger partial charge in [0.1, 0.15) is 0 Å². The molecule has 0 bridgehead atoms. The lowest BCUT2D eigenvalue weighted by molar-refractivity contribution is 0.568. The number of sulfonamides is 1. The molecular formula is C17H20N4O2S. The minimum Gasteiger partial charge on any atom is -0.341 e.